The first-order valence-electron chi connectivity index (χ1n) is 7.62. The lowest BCUT2D eigenvalue weighted by atomic mass is 9.98. The van der Waals surface area contributed by atoms with Gasteiger partial charge in [0, 0.05) is 11.3 Å². The summed E-state index contributed by atoms with van der Waals surface area (Å²) in [6.07, 6.45) is -0.344. The summed E-state index contributed by atoms with van der Waals surface area (Å²) in [7, 11) is 5.45. The van der Waals surface area contributed by atoms with Crippen LogP contribution in [0.25, 0.3) is 11.1 Å². The maximum absolute atomic E-state index is 13.4. The zero-order chi connectivity index (χ0) is 17.3. The van der Waals surface area contributed by atoms with Gasteiger partial charge in [-0.1, -0.05) is 23.7 Å². The monoisotopic (exact) mass is 350 g/mol. The van der Waals surface area contributed by atoms with Gasteiger partial charge in [-0.3, -0.25) is 16.0 Å². The molecule has 0 spiro atoms. The molecule has 0 saturated heterocycles. The average molecular weight is 351 g/mol. The molecule has 1 heterocycles. The van der Waals surface area contributed by atoms with Crippen LogP contribution in [-0.2, 0) is 10.6 Å². The van der Waals surface area contributed by atoms with Crippen molar-refractivity contribution in [2.24, 2.45) is 0 Å². The number of hydrogen-bond acceptors (Lipinski definition) is 5. The van der Waals surface area contributed by atoms with Gasteiger partial charge >= 0.3 is 0 Å². The van der Waals surface area contributed by atoms with Gasteiger partial charge in [0.1, 0.15) is 5.82 Å². The summed E-state index contributed by atoms with van der Waals surface area (Å²) < 4.78 is 19.5. The van der Waals surface area contributed by atoms with E-state index in [0.717, 1.165) is 22.4 Å². The van der Waals surface area contributed by atoms with Crippen LogP contribution < -0.4 is 21.3 Å². The van der Waals surface area contributed by atoms with Crippen LogP contribution in [0.15, 0.2) is 36.4 Å². The molecule has 1 aliphatic heterocycles. The predicted octanol–water partition coefficient (Wildman–Crippen LogP) is 2.64. The predicted molar refractivity (Wildman–Crippen MR) is 94.2 cm³/mol. The molecule has 0 aromatic heterocycles. The number of benzene rings is 2. The number of halogens is 2. The summed E-state index contributed by atoms with van der Waals surface area (Å²) in [5.74, 6) is -1.28. The fourth-order valence-electron chi connectivity index (χ4n) is 2.87. The normalized spacial score (nSPS) is 18.8. The minimum Gasteiger partial charge on any atom is -0.347 e. The molecule has 0 fully saturated rings. The van der Waals surface area contributed by atoms with Gasteiger partial charge in [0.2, 0.25) is 5.85 Å². The van der Waals surface area contributed by atoms with Gasteiger partial charge in [0.05, 0.1) is 5.02 Å². The third-order valence-electron chi connectivity index (χ3n) is 4.20. The molecule has 3 rings (SSSR count). The van der Waals surface area contributed by atoms with E-state index in [1.807, 2.05) is 39.3 Å². The van der Waals surface area contributed by atoms with Crippen LogP contribution in [-0.4, -0.2) is 27.5 Å². The van der Waals surface area contributed by atoms with Crippen LogP contribution in [0.2, 0.25) is 5.02 Å². The minimum absolute atomic E-state index is 0.100. The second kappa shape index (κ2) is 6.66. The molecule has 0 amide bonds. The first-order valence-corrected chi connectivity index (χ1v) is 8.00. The highest BCUT2D eigenvalue weighted by Crippen LogP contribution is 2.36. The number of hydrogen-bond donors (Lipinski definition) is 4. The highest BCUT2D eigenvalue weighted by Gasteiger charge is 2.39. The molecule has 0 aliphatic carbocycles. The van der Waals surface area contributed by atoms with Gasteiger partial charge in [-0.15, -0.1) is 0 Å². The molecule has 1 aliphatic rings. The van der Waals surface area contributed by atoms with Crippen molar-refractivity contribution >= 4 is 17.3 Å². The molecule has 0 radical (unpaired) electrons. The zero-order valence-corrected chi connectivity index (χ0v) is 14.5. The van der Waals surface area contributed by atoms with Crippen LogP contribution >= 0.6 is 11.6 Å². The lowest BCUT2D eigenvalue weighted by Gasteiger charge is -2.42. The second-order valence-electron chi connectivity index (χ2n) is 5.50. The van der Waals surface area contributed by atoms with E-state index in [2.05, 4.69) is 21.3 Å². The molecule has 5 nitrogen and oxygen atoms in total. The molecule has 128 valence electrons. The summed E-state index contributed by atoms with van der Waals surface area (Å²) in [6, 6.07) is 10.6. The Bertz CT molecular complexity index is 751. The first kappa shape index (κ1) is 17.1. The van der Waals surface area contributed by atoms with Gasteiger partial charge in [-0.2, -0.15) is 0 Å². The van der Waals surface area contributed by atoms with Crippen LogP contribution in [0.1, 0.15) is 5.56 Å². The number of ether oxygens (including phenoxy) is 1. The first-order chi connectivity index (χ1) is 11.5. The lowest BCUT2D eigenvalue weighted by molar-refractivity contribution is -0.141. The van der Waals surface area contributed by atoms with Crippen LogP contribution in [0.5, 0.6) is 0 Å². The van der Waals surface area contributed by atoms with E-state index in [-0.39, 0.29) is 11.4 Å². The highest BCUT2D eigenvalue weighted by atomic mass is 35.5. The Morgan fingerprint density at radius 1 is 1.08 bits per heavy atom. The SMILES string of the molecule is CNC1Nc2ccc(-c3ccc(F)c(Cl)c3)cc2C(NC)(NC)O1. The van der Waals surface area contributed by atoms with Crippen molar-refractivity contribution < 1.29 is 9.13 Å². The number of nitrogens with one attached hydrogen (secondary N) is 4. The summed E-state index contributed by atoms with van der Waals surface area (Å²) >= 11 is 5.91. The fourth-order valence-corrected chi connectivity index (χ4v) is 3.05. The largest absolute Gasteiger partial charge is 0.347 e. The molecule has 0 saturated carbocycles. The molecule has 1 atom stereocenters. The third-order valence-corrected chi connectivity index (χ3v) is 4.49. The maximum atomic E-state index is 13.4. The summed E-state index contributed by atoms with van der Waals surface area (Å²) in [5.41, 5.74) is 3.58. The van der Waals surface area contributed by atoms with Crippen LogP contribution in [0.4, 0.5) is 10.1 Å². The summed E-state index contributed by atoms with van der Waals surface area (Å²) in [6.45, 7) is 0. The molecule has 2 aromatic rings. The van der Waals surface area contributed by atoms with E-state index >= 15 is 0 Å². The molecule has 1 unspecified atom stereocenters. The maximum Gasteiger partial charge on any atom is 0.207 e. The Morgan fingerprint density at radius 2 is 1.75 bits per heavy atom. The minimum atomic E-state index is -0.853. The molecular formula is C17H20ClFN4O. The van der Waals surface area contributed by atoms with E-state index in [1.54, 1.807) is 12.1 Å². The van der Waals surface area contributed by atoms with Gasteiger partial charge in [-0.05, 0) is 56.5 Å². The molecule has 24 heavy (non-hydrogen) atoms. The summed E-state index contributed by atoms with van der Waals surface area (Å²) in [4.78, 5) is 0. The molecule has 0 bridgehead atoms. The quantitative estimate of drug-likeness (QED) is 0.639. The average Bonchev–Trinajstić information content (AvgIpc) is 2.62. The molecular weight excluding hydrogens is 331 g/mol. The standard InChI is InChI=1S/C17H20ClFN4O/c1-20-16-23-15-7-5-10(11-4-6-14(19)13(18)9-11)8-12(15)17(21-2,22-3)24-16/h4-9,16,20-23H,1-3H3. The van der Waals surface area contributed by atoms with Gasteiger partial charge in [0.15, 0.2) is 6.35 Å². The molecule has 4 N–H and O–H groups in total. The topological polar surface area (TPSA) is 57.3 Å². The smallest absolute Gasteiger partial charge is 0.207 e. The fraction of sp³-hybridized carbons (Fsp3) is 0.294. The Kier molecular flexibility index (Phi) is 4.76. The van der Waals surface area contributed by atoms with Crippen molar-refractivity contribution in [2.75, 3.05) is 26.5 Å². The Labute approximate surface area is 145 Å². The van der Waals surface area contributed by atoms with E-state index in [0.29, 0.717) is 0 Å². The highest BCUT2D eigenvalue weighted by molar-refractivity contribution is 6.31. The molecule has 2 aromatic carbocycles. The zero-order valence-electron chi connectivity index (χ0n) is 13.7. The van der Waals surface area contributed by atoms with Crippen LogP contribution in [0.3, 0.4) is 0 Å². The van der Waals surface area contributed by atoms with Crippen molar-refractivity contribution in [3.63, 3.8) is 0 Å². The van der Waals surface area contributed by atoms with Crippen molar-refractivity contribution in [2.45, 2.75) is 12.2 Å². The number of anilines is 1. The van der Waals surface area contributed by atoms with Crippen molar-refractivity contribution in [1.29, 1.82) is 0 Å². The van der Waals surface area contributed by atoms with Crippen molar-refractivity contribution in [3.05, 3.63) is 52.8 Å². The second-order valence-corrected chi connectivity index (χ2v) is 5.91. The van der Waals surface area contributed by atoms with E-state index in [4.69, 9.17) is 16.3 Å². The van der Waals surface area contributed by atoms with Gasteiger partial charge in [0.25, 0.3) is 0 Å². The Morgan fingerprint density at radius 3 is 2.38 bits per heavy atom. The Balaban J connectivity index is 2.10. The Hall–Kier alpha value is -1.70. The lowest BCUT2D eigenvalue weighted by Crippen LogP contribution is -2.60. The van der Waals surface area contributed by atoms with E-state index in [9.17, 15) is 4.39 Å². The van der Waals surface area contributed by atoms with E-state index < -0.39 is 11.7 Å². The number of rotatable bonds is 4. The van der Waals surface area contributed by atoms with Gasteiger partial charge < -0.3 is 10.1 Å². The van der Waals surface area contributed by atoms with Crippen molar-refractivity contribution in [3.8, 4) is 11.1 Å². The van der Waals surface area contributed by atoms with E-state index in [1.165, 1.54) is 6.07 Å². The molecule has 7 heteroatoms. The van der Waals surface area contributed by atoms with Crippen LogP contribution in [0, 0.1) is 5.82 Å². The van der Waals surface area contributed by atoms with Crippen molar-refractivity contribution in [1.82, 2.24) is 16.0 Å². The third kappa shape index (κ3) is 2.87. The summed E-state index contributed by atoms with van der Waals surface area (Å²) in [5, 5.41) is 12.8. The van der Waals surface area contributed by atoms with Gasteiger partial charge in [-0.25, -0.2) is 4.39 Å². The number of fused-ring (bicyclic) bond motifs is 1.